The van der Waals surface area contributed by atoms with E-state index in [0.29, 0.717) is 29.6 Å². The van der Waals surface area contributed by atoms with Crippen molar-refractivity contribution in [2.75, 3.05) is 13.2 Å². The maximum Gasteiger partial charge on any atom is 0.255 e. The van der Waals surface area contributed by atoms with Gasteiger partial charge in [-0.15, -0.1) is 0 Å². The zero-order chi connectivity index (χ0) is 16.3. The fraction of sp³-hybridized carbons (Fsp3) is 0.389. The number of amides is 1. The molecular weight excluding hydrogens is 294 g/mol. The smallest absolute Gasteiger partial charge is 0.255 e. The summed E-state index contributed by atoms with van der Waals surface area (Å²) in [6.45, 7) is 2.30. The third kappa shape index (κ3) is 3.93. The Kier molecular flexibility index (Phi) is 4.39. The number of furan rings is 1. The molecule has 2 N–H and O–H groups in total. The van der Waals surface area contributed by atoms with Gasteiger partial charge in [-0.05, 0) is 49.9 Å². The lowest BCUT2D eigenvalue weighted by atomic mass is 10.0. The first-order chi connectivity index (χ1) is 11.1. The lowest BCUT2D eigenvalue weighted by Gasteiger charge is -2.21. The summed E-state index contributed by atoms with van der Waals surface area (Å²) < 4.78 is 11.0. The number of rotatable bonds is 7. The Labute approximate surface area is 135 Å². The zero-order valence-corrected chi connectivity index (χ0v) is 13.1. The van der Waals surface area contributed by atoms with Crippen LogP contribution in [-0.4, -0.2) is 24.2 Å². The Morgan fingerprint density at radius 2 is 2.13 bits per heavy atom. The molecule has 1 saturated carbocycles. The number of carbonyl (C=O) groups is 1. The largest absolute Gasteiger partial charge is 0.492 e. The minimum Gasteiger partial charge on any atom is -0.492 e. The molecule has 0 bridgehead atoms. The van der Waals surface area contributed by atoms with Crippen LogP contribution in [-0.2, 0) is 5.60 Å². The standard InChI is InChI=1S/C18H21NO4/c1-18(21,16-7-4-10-22-16)12-19-17(20)14-5-2-3-6-15(14)23-11-13-8-9-13/h2-7,10,13,21H,8-9,11-12H2,1H3,(H,19,20). The molecule has 0 spiro atoms. The monoisotopic (exact) mass is 315 g/mol. The van der Waals surface area contributed by atoms with Gasteiger partial charge in [0.15, 0.2) is 0 Å². The van der Waals surface area contributed by atoms with Gasteiger partial charge in [-0.2, -0.15) is 0 Å². The molecule has 5 nitrogen and oxygen atoms in total. The predicted octanol–water partition coefficient (Wildman–Crippen LogP) is 2.71. The molecule has 3 rings (SSSR count). The van der Waals surface area contributed by atoms with E-state index in [4.69, 9.17) is 9.15 Å². The highest BCUT2D eigenvalue weighted by Gasteiger charge is 2.28. The number of hydrogen-bond donors (Lipinski definition) is 2. The first-order valence-corrected chi connectivity index (χ1v) is 7.82. The van der Waals surface area contributed by atoms with Crippen LogP contribution in [0.5, 0.6) is 5.75 Å². The van der Waals surface area contributed by atoms with E-state index in [1.807, 2.05) is 6.07 Å². The van der Waals surface area contributed by atoms with Gasteiger partial charge in [0.25, 0.3) is 5.91 Å². The Hall–Kier alpha value is -2.27. The molecule has 1 aliphatic carbocycles. The van der Waals surface area contributed by atoms with E-state index in [1.54, 1.807) is 37.3 Å². The van der Waals surface area contributed by atoms with Crippen molar-refractivity contribution < 1.29 is 19.1 Å². The molecule has 1 unspecified atom stereocenters. The van der Waals surface area contributed by atoms with Crippen LogP contribution in [0.1, 0.15) is 35.9 Å². The van der Waals surface area contributed by atoms with Gasteiger partial charge >= 0.3 is 0 Å². The first kappa shape index (κ1) is 15.6. The van der Waals surface area contributed by atoms with Crippen molar-refractivity contribution in [1.82, 2.24) is 5.32 Å². The summed E-state index contributed by atoms with van der Waals surface area (Å²) in [6.07, 6.45) is 3.88. The summed E-state index contributed by atoms with van der Waals surface area (Å²) in [5.41, 5.74) is -0.786. The molecule has 1 heterocycles. The van der Waals surface area contributed by atoms with Crippen molar-refractivity contribution in [3.63, 3.8) is 0 Å². The van der Waals surface area contributed by atoms with Crippen molar-refractivity contribution in [3.8, 4) is 5.75 Å². The van der Waals surface area contributed by atoms with Crippen molar-refractivity contribution >= 4 is 5.91 Å². The molecule has 1 aromatic carbocycles. The van der Waals surface area contributed by atoms with Crippen LogP contribution >= 0.6 is 0 Å². The maximum absolute atomic E-state index is 12.4. The third-order valence-electron chi connectivity index (χ3n) is 3.95. The lowest BCUT2D eigenvalue weighted by Crippen LogP contribution is -2.38. The highest BCUT2D eigenvalue weighted by molar-refractivity contribution is 5.96. The van der Waals surface area contributed by atoms with E-state index in [0.717, 1.165) is 0 Å². The van der Waals surface area contributed by atoms with Gasteiger partial charge in [0.05, 0.1) is 25.0 Å². The second-order valence-corrected chi connectivity index (χ2v) is 6.18. The van der Waals surface area contributed by atoms with Crippen molar-refractivity contribution in [1.29, 1.82) is 0 Å². The van der Waals surface area contributed by atoms with Gasteiger partial charge in [-0.1, -0.05) is 12.1 Å². The summed E-state index contributed by atoms with van der Waals surface area (Å²) >= 11 is 0. The molecule has 1 amide bonds. The molecule has 2 aromatic rings. The maximum atomic E-state index is 12.4. The van der Waals surface area contributed by atoms with Gasteiger partial charge in [-0.25, -0.2) is 0 Å². The van der Waals surface area contributed by atoms with E-state index in [1.165, 1.54) is 19.1 Å². The van der Waals surface area contributed by atoms with Gasteiger partial charge in [0.2, 0.25) is 0 Å². The minimum atomic E-state index is -1.26. The van der Waals surface area contributed by atoms with Crippen molar-refractivity contribution in [2.24, 2.45) is 5.92 Å². The second-order valence-electron chi connectivity index (χ2n) is 6.18. The fourth-order valence-corrected chi connectivity index (χ4v) is 2.29. The Morgan fingerprint density at radius 1 is 1.35 bits per heavy atom. The molecule has 5 heteroatoms. The number of aliphatic hydroxyl groups is 1. The molecular formula is C18H21NO4. The van der Waals surface area contributed by atoms with Crippen LogP contribution in [0.25, 0.3) is 0 Å². The molecule has 1 atom stereocenters. The fourth-order valence-electron chi connectivity index (χ4n) is 2.29. The van der Waals surface area contributed by atoms with Gasteiger partial charge in [0.1, 0.15) is 17.1 Å². The number of carbonyl (C=O) groups excluding carboxylic acids is 1. The first-order valence-electron chi connectivity index (χ1n) is 7.82. The summed E-state index contributed by atoms with van der Waals surface area (Å²) in [5.74, 6) is 1.33. The average Bonchev–Trinajstić information content (AvgIpc) is 3.20. The topological polar surface area (TPSA) is 71.7 Å². The summed E-state index contributed by atoms with van der Waals surface area (Å²) in [7, 11) is 0. The van der Waals surface area contributed by atoms with Crippen LogP contribution < -0.4 is 10.1 Å². The molecule has 122 valence electrons. The molecule has 23 heavy (non-hydrogen) atoms. The number of hydrogen-bond acceptors (Lipinski definition) is 4. The highest BCUT2D eigenvalue weighted by atomic mass is 16.5. The molecule has 1 fully saturated rings. The van der Waals surface area contributed by atoms with E-state index in [9.17, 15) is 9.90 Å². The number of benzene rings is 1. The van der Waals surface area contributed by atoms with Crippen LogP contribution in [0.15, 0.2) is 47.1 Å². The highest BCUT2D eigenvalue weighted by Crippen LogP contribution is 2.30. The predicted molar refractivity (Wildman–Crippen MR) is 85.3 cm³/mol. The Balaban J connectivity index is 1.63. The normalized spacial score (nSPS) is 16.6. The number of nitrogens with one attached hydrogen (secondary N) is 1. The van der Waals surface area contributed by atoms with E-state index in [-0.39, 0.29) is 12.5 Å². The Bertz CT molecular complexity index is 659. The Morgan fingerprint density at radius 3 is 2.83 bits per heavy atom. The van der Waals surface area contributed by atoms with Gasteiger partial charge in [-0.3, -0.25) is 4.79 Å². The van der Waals surface area contributed by atoms with Gasteiger partial charge in [0, 0.05) is 0 Å². The van der Waals surface area contributed by atoms with E-state index >= 15 is 0 Å². The van der Waals surface area contributed by atoms with Crippen LogP contribution in [0, 0.1) is 5.92 Å². The molecule has 0 saturated heterocycles. The third-order valence-corrected chi connectivity index (χ3v) is 3.95. The quantitative estimate of drug-likeness (QED) is 0.824. The SMILES string of the molecule is CC(O)(CNC(=O)c1ccccc1OCC1CC1)c1ccco1. The summed E-state index contributed by atoms with van der Waals surface area (Å²) in [5, 5.41) is 13.1. The van der Waals surface area contributed by atoms with Crippen molar-refractivity contribution in [3.05, 3.63) is 54.0 Å². The number of ether oxygens (including phenoxy) is 1. The van der Waals surface area contributed by atoms with Crippen molar-refractivity contribution in [2.45, 2.75) is 25.4 Å². The average molecular weight is 315 g/mol. The number of para-hydroxylation sites is 1. The molecule has 0 aliphatic heterocycles. The minimum absolute atomic E-state index is 0.0519. The molecule has 0 radical (unpaired) electrons. The van der Waals surface area contributed by atoms with Crippen LogP contribution in [0.2, 0.25) is 0 Å². The molecule has 1 aliphatic rings. The molecule has 1 aromatic heterocycles. The lowest BCUT2D eigenvalue weighted by molar-refractivity contribution is 0.0329. The summed E-state index contributed by atoms with van der Waals surface area (Å²) in [6, 6.07) is 10.5. The zero-order valence-electron chi connectivity index (χ0n) is 13.1. The van der Waals surface area contributed by atoms with E-state index in [2.05, 4.69) is 5.32 Å². The van der Waals surface area contributed by atoms with Gasteiger partial charge < -0.3 is 19.6 Å². The van der Waals surface area contributed by atoms with E-state index < -0.39 is 5.60 Å². The van der Waals surface area contributed by atoms with Crippen LogP contribution in [0.3, 0.4) is 0 Å². The second kappa shape index (κ2) is 6.46. The van der Waals surface area contributed by atoms with Crippen LogP contribution in [0.4, 0.5) is 0 Å². The summed E-state index contributed by atoms with van der Waals surface area (Å²) in [4.78, 5) is 12.4.